The van der Waals surface area contributed by atoms with E-state index in [1.165, 1.54) is 6.33 Å². The Morgan fingerprint density at radius 2 is 1.88 bits per heavy atom. The number of benzene rings is 3. The molecule has 0 spiro atoms. The van der Waals surface area contributed by atoms with E-state index >= 15 is 0 Å². The van der Waals surface area contributed by atoms with Crippen molar-refractivity contribution in [3.63, 3.8) is 0 Å². The van der Waals surface area contributed by atoms with Crippen molar-refractivity contribution < 1.29 is 14.3 Å². The largest absolute Gasteiger partial charge is 0.491 e. The van der Waals surface area contributed by atoms with Crippen molar-refractivity contribution in [2.75, 3.05) is 19.8 Å². The monoisotopic (exact) mass is 455 g/mol. The van der Waals surface area contributed by atoms with E-state index in [4.69, 9.17) is 9.47 Å². The molecule has 34 heavy (non-hydrogen) atoms. The summed E-state index contributed by atoms with van der Waals surface area (Å²) in [5.74, 6) is 0.755. The Morgan fingerprint density at radius 1 is 1.06 bits per heavy atom. The predicted octanol–water partition coefficient (Wildman–Crippen LogP) is 3.82. The number of hydrogen-bond acceptors (Lipinski definition) is 6. The van der Waals surface area contributed by atoms with Crippen molar-refractivity contribution >= 4 is 5.91 Å². The highest BCUT2D eigenvalue weighted by Gasteiger charge is 2.23. The van der Waals surface area contributed by atoms with Gasteiger partial charge in [-0.25, -0.2) is 4.68 Å². The number of nitrogens with zero attached hydrogens (tertiary/aromatic N) is 5. The molecule has 4 aromatic rings. The van der Waals surface area contributed by atoms with Gasteiger partial charge < -0.3 is 14.4 Å². The van der Waals surface area contributed by atoms with Crippen molar-refractivity contribution in [1.82, 2.24) is 25.1 Å². The molecular weight excluding hydrogens is 430 g/mol. The fourth-order valence-electron chi connectivity index (χ4n) is 4.15. The molecule has 5 rings (SSSR count). The zero-order chi connectivity index (χ0) is 23.3. The second-order valence-electron chi connectivity index (χ2n) is 7.99. The summed E-state index contributed by atoms with van der Waals surface area (Å²) in [6, 6.07) is 23.5. The minimum absolute atomic E-state index is 0.0467. The number of hydrogen-bond donors (Lipinski definition) is 0. The molecule has 0 bridgehead atoms. The number of ether oxygens (including phenoxy) is 2. The van der Waals surface area contributed by atoms with Crippen LogP contribution in [0, 0.1) is 0 Å². The minimum Gasteiger partial charge on any atom is -0.491 e. The van der Waals surface area contributed by atoms with Gasteiger partial charge in [-0.3, -0.25) is 4.79 Å². The van der Waals surface area contributed by atoms with E-state index in [-0.39, 0.29) is 12.0 Å². The van der Waals surface area contributed by atoms with Crippen LogP contribution in [0.1, 0.15) is 40.1 Å². The van der Waals surface area contributed by atoms with E-state index in [1.54, 1.807) is 16.8 Å². The average Bonchev–Trinajstić information content (AvgIpc) is 3.34. The normalized spacial score (nSPS) is 14.1. The van der Waals surface area contributed by atoms with Gasteiger partial charge in [-0.1, -0.05) is 36.4 Å². The molecule has 8 heteroatoms. The fourth-order valence-corrected chi connectivity index (χ4v) is 4.15. The van der Waals surface area contributed by atoms with E-state index < -0.39 is 0 Å². The Morgan fingerprint density at radius 3 is 2.62 bits per heavy atom. The number of rotatable bonds is 6. The van der Waals surface area contributed by atoms with Gasteiger partial charge in [0.05, 0.1) is 12.2 Å². The lowest BCUT2D eigenvalue weighted by atomic mass is 9.98. The Balaban J connectivity index is 1.39. The Hall–Kier alpha value is -4.04. The summed E-state index contributed by atoms with van der Waals surface area (Å²) in [4.78, 5) is 15.1. The predicted molar refractivity (Wildman–Crippen MR) is 126 cm³/mol. The topological polar surface area (TPSA) is 82.4 Å². The van der Waals surface area contributed by atoms with Gasteiger partial charge in [-0.05, 0) is 64.9 Å². The molecule has 0 fully saturated rings. The highest BCUT2D eigenvalue weighted by molar-refractivity contribution is 5.94. The minimum atomic E-state index is -0.178. The molecule has 2 heterocycles. The maximum absolute atomic E-state index is 13.3. The van der Waals surface area contributed by atoms with Gasteiger partial charge in [0.15, 0.2) is 0 Å². The number of fused-ring (bicyclic) bond motifs is 1. The van der Waals surface area contributed by atoms with E-state index in [2.05, 4.69) is 33.7 Å². The van der Waals surface area contributed by atoms with Crippen molar-refractivity contribution in [3.05, 3.63) is 101 Å². The van der Waals surface area contributed by atoms with E-state index in [0.717, 1.165) is 28.1 Å². The molecular formula is C26H25N5O3. The molecule has 1 aliphatic heterocycles. The lowest BCUT2D eigenvalue weighted by molar-refractivity contribution is 0.0733. The molecule has 1 unspecified atom stereocenters. The highest BCUT2D eigenvalue weighted by atomic mass is 16.5. The molecule has 0 saturated heterocycles. The van der Waals surface area contributed by atoms with Crippen LogP contribution in [0.4, 0.5) is 0 Å². The molecule has 1 aromatic heterocycles. The van der Waals surface area contributed by atoms with Gasteiger partial charge >= 0.3 is 0 Å². The first-order valence-corrected chi connectivity index (χ1v) is 11.3. The molecule has 0 N–H and O–H groups in total. The van der Waals surface area contributed by atoms with Gasteiger partial charge in [-0.2, -0.15) is 0 Å². The summed E-state index contributed by atoms with van der Waals surface area (Å²) >= 11 is 0. The third kappa shape index (κ3) is 4.53. The van der Waals surface area contributed by atoms with Crippen LogP contribution < -0.4 is 4.74 Å². The second-order valence-corrected chi connectivity index (χ2v) is 7.99. The highest BCUT2D eigenvalue weighted by Crippen LogP contribution is 2.32. The molecule has 0 radical (unpaired) electrons. The van der Waals surface area contributed by atoms with Crippen molar-refractivity contribution in [2.45, 2.75) is 19.6 Å². The molecule has 3 aromatic carbocycles. The molecule has 1 aliphatic rings. The third-order valence-corrected chi connectivity index (χ3v) is 5.82. The van der Waals surface area contributed by atoms with Crippen LogP contribution >= 0.6 is 0 Å². The third-order valence-electron chi connectivity index (χ3n) is 5.82. The summed E-state index contributed by atoms with van der Waals surface area (Å²) in [5.41, 5.74) is 4.49. The van der Waals surface area contributed by atoms with E-state index in [9.17, 15) is 4.79 Å². The van der Waals surface area contributed by atoms with Crippen molar-refractivity contribution in [3.8, 4) is 11.4 Å². The number of amides is 1. The van der Waals surface area contributed by atoms with E-state index in [0.29, 0.717) is 31.9 Å². The molecule has 172 valence electrons. The summed E-state index contributed by atoms with van der Waals surface area (Å²) in [6.07, 6.45) is 1.34. The molecule has 0 aliphatic carbocycles. The quantitative estimate of drug-likeness (QED) is 0.440. The molecule has 0 saturated carbocycles. The standard InChI is InChI=1S/C26H25N5O3/c1-2-33-25(19-6-4-3-5-7-19)21-10-13-24-22(16-21)17-30(14-15-34-24)26(32)20-8-11-23(12-9-20)31-18-27-28-29-31/h3-13,16,18,25H,2,14-15,17H2,1H3. The van der Waals surface area contributed by atoms with Gasteiger partial charge in [0.25, 0.3) is 5.91 Å². The maximum atomic E-state index is 13.3. The van der Waals surface area contributed by atoms with Gasteiger partial charge in [0.1, 0.15) is 24.8 Å². The number of carbonyl (C=O) groups is 1. The first kappa shape index (κ1) is 21.8. The van der Waals surface area contributed by atoms with Crippen LogP contribution in [-0.4, -0.2) is 50.8 Å². The Bertz CT molecular complexity index is 1240. The summed E-state index contributed by atoms with van der Waals surface area (Å²) in [5, 5.41) is 11.2. The van der Waals surface area contributed by atoms with Crippen molar-refractivity contribution in [1.29, 1.82) is 0 Å². The number of aromatic nitrogens is 4. The SMILES string of the molecule is CCOC(c1ccccc1)c1ccc2c(c1)CN(C(=O)c1ccc(-n3cnnn3)cc1)CCO2. The van der Waals surface area contributed by atoms with Crippen LogP contribution in [0.25, 0.3) is 5.69 Å². The van der Waals surface area contributed by atoms with Crippen LogP contribution in [0.15, 0.2) is 79.1 Å². The van der Waals surface area contributed by atoms with E-state index in [1.807, 2.05) is 54.3 Å². The Labute approximate surface area is 197 Å². The smallest absolute Gasteiger partial charge is 0.254 e. The first-order chi connectivity index (χ1) is 16.7. The van der Waals surface area contributed by atoms with Crippen molar-refractivity contribution in [2.24, 2.45) is 0 Å². The molecule has 1 amide bonds. The van der Waals surface area contributed by atoms with Crippen LogP contribution in [-0.2, 0) is 11.3 Å². The zero-order valence-corrected chi connectivity index (χ0v) is 18.9. The summed E-state index contributed by atoms with van der Waals surface area (Å²) < 4.78 is 13.6. The molecule has 1 atom stereocenters. The van der Waals surface area contributed by atoms with Gasteiger partial charge in [-0.15, -0.1) is 5.10 Å². The van der Waals surface area contributed by atoms with Crippen LogP contribution in [0.3, 0.4) is 0 Å². The average molecular weight is 456 g/mol. The van der Waals surface area contributed by atoms with Crippen LogP contribution in [0.2, 0.25) is 0 Å². The lowest BCUT2D eigenvalue weighted by Crippen LogP contribution is -2.32. The lowest BCUT2D eigenvalue weighted by Gasteiger charge is -2.22. The van der Waals surface area contributed by atoms with Gasteiger partial charge in [0, 0.05) is 24.3 Å². The fraction of sp³-hybridized carbons (Fsp3) is 0.231. The summed E-state index contributed by atoms with van der Waals surface area (Å²) in [7, 11) is 0. The summed E-state index contributed by atoms with van der Waals surface area (Å²) in [6.45, 7) is 4.00. The van der Waals surface area contributed by atoms with Crippen LogP contribution in [0.5, 0.6) is 5.75 Å². The first-order valence-electron chi connectivity index (χ1n) is 11.3. The van der Waals surface area contributed by atoms with Gasteiger partial charge in [0.2, 0.25) is 0 Å². The maximum Gasteiger partial charge on any atom is 0.254 e. The zero-order valence-electron chi connectivity index (χ0n) is 18.9. The Kier molecular flexibility index (Phi) is 6.31. The second kappa shape index (κ2) is 9.84. The number of carbonyl (C=O) groups excluding carboxylic acids is 1. The molecule has 8 nitrogen and oxygen atoms in total. The number of tetrazole rings is 1.